The normalized spacial score (nSPS) is 18.7. The van der Waals surface area contributed by atoms with Crippen LogP contribution < -0.4 is 27.4 Å². The van der Waals surface area contributed by atoms with Gasteiger partial charge in [0, 0.05) is 59.0 Å². The number of benzene rings is 4. The fourth-order valence-electron chi connectivity index (χ4n) is 7.06. The number of aromatic nitrogens is 1. The van der Waals surface area contributed by atoms with E-state index in [1.807, 2.05) is 97.2 Å². The second-order valence-corrected chi connectivity index (χ2v) is 15.4. The first-order valence-corrected chi connectivity index (χ1v) is 20.1. The van der Waals surface area contributed by atoms with Gasteiger partial charge in [-0.3, -0.25) is 14.4 Å². The number of H-pyrrole nitrogens is 1. The van der Waals surface area contributed by atoms with E-state index in [1.54, 1.807) is 7.05 Å². The first-order chi connectivity index (χ1) is 26.8. The first kappa shape index (κ1) is 40.0. The number of carbonyl (C=O) groups is 3. The van der Waals surface area contributed by atoms with E-state index in [0.717, 1.165) is 48.5 Å². The van der Waals surface area contributed by atoms with Gasteiger partial charge in [0.2, 0.25) is 17.7 Å². The molecule has 3 atom stereocenters. The van der Waals surface area contributed by atoms with Gasteiger partial charge in [-0.2, -0.15) is 0 Å². The summed E-state index contributed by atoms with van der Waals surface area (Å²) in [6.45, 7) is 1.46. The molecule has 0 unspecified atom stereocenters. The van der Waals surface area contributed by atoms with Crippen molar-refractivity contribution in [1.29, 1.82) is 0 Å². The summed E-state index contributed by atoms with van der Waals surface area (Å²) in [5, 5.41) is 11.3. The maximum Gasteiger partial charge on any atom is 0.245 e. The van der Waals surface area contributed by atoms with Crippen LogP contribution in [0.4, 0.5) is 0 Å². The molecule has 0 bridgehead atoms. The lowest BCUT2D eigenvalue weighted by molar-refractivity contribution is -0.142. The molecule has 1 aromatic heterocycles. The number of unbranched alkanes of at least 4 members (excludes halogenated alkanes) is 1. The van der Waals surface area contributed by atoms with Crippen molar-refractivity contribution in [3.63, 3.8) is 0 Å². The van der Waals surface area contributed by atoms with Crippen molar-refractivity contribution in [3.8, 4) is 11.1 Å². The molecule has 0 spiro atoms. The average Bonchev–Trinajstić information content (AvgIpc) is 3.62. The van der Waals surface area contributed by atoms with Crippen molar-refractivity contribution in [1.82, 2.24) is 25.8 Å². The van der Waals surface area contributed by atoms with E-state index in [1.165, 1.54) is 16.7 Å². The molecule has 288 valence electrons. The molecule has 1 aliphatic heterocycles. The van der Waals surface area contributed by atoms with Gasteiger partial charge in [0.1, 0.15) is 12.1 Å². The molecule has 5 aromatic rings. The Hall–Kier alpha value is -4.65. The van der Waals surface area contributed by atoms with E-state index in [0.29, 0.717) is 56.8 Å². The minimum atomic E-state index is -0.890. The van der Waals surface area contributed by atoms with Crippen LogP contribution in [0.15, 0.2) is 107 Å². The van der Waals surface area contributed by atoms with E-state index >= 15 is 0 Å². The van der Waals surface area contributed by atoms with Crippen molar-refractivity contribution in [2.24, 2.45) is 11.5 Å². The molecule has 3 amide bonds. The van der Waals surface area contributed by atoms with Crippen LogP contribution in [0.2, 0.25) is 5.02 Å². The number of hydrogen-bond acceptors (Lipinski definition) is 7. The van der Waals surface area contributed by atoms with Crippen LogP contribution in [0.25, 0.3) is 22.0 Å². The fourth-order valence-corrected chi connectivity index (χ4v) is 8.58. The number of para-hydroxylation sites is 1. The molecule has 0 saturated heterocycles. The average molecular weight is 780 g/mol. The van der Waals surface area contributed by atoms with E-state index in [4.69, 9.17) is 23.1 Å². The highest BCUT2D eigenvalue weighted by Gasteiger charge is 2.34. The number of aromatic amines is 1. The molecule has 6 rings (SSSR count). The Balaban J connectivity index is 1.44. The van der Waals surface area contributed by atoms with Crippen LogP contribution in [-0.2, 0) is 33.9 Å². The van der Waals surface area contributed by atoms with Gasteiger partial charge < -0.3 is 37.3 Å². The van der Waals surface area contributed by atoms with Crippen molar-refractivity contribution in [2.45, 2.75) is 79.5 Å². The van der Waals surface area contributed by atoms with Crippen LogP contribution in [0.5, 0.6) is 0 Å². The number of nitrogens with two attached hydrogens (primary N) is 2. The monoisotopic (exact) mass is 779 g/mol. The number of halogens is 1. The number of amides is 3. The van der Waals surface area contributed by atoms with E-state index < -0.39 is 18.1 Å². The molecule has 0 aliphatic carbocycles. The van der Waals surface area contributed by atoms with Gasteiger partial charge >= 0.3 is 0 Å². The lowest BCUT2D eigenvalue weighted by Crippen LogP contribution is -2.57. The number of rotatable bonds is 10. The Morgan fingerprint density at radius 2 is 1.51 bits per heavy atom. The summed E-state index contributed by atoms with van der Waals surface area (Å²) in [6, 6.07) is 27.5. The Bertz CT molecular complexity index is 2090. The molecule has 8 N–H and O–H groups in total. The van der Waals surface area contributed by atoms with Crippen molar-refractivity contribution in [2.75, 3.05) is 20.1 Å². The standard InChI is InChI=1S/C43H50ClN7O3S/c1-51-37(24-31-27-47-34-16-7-6-15-32(31)34)42(53)49-26-30-20-21-33(28-12-3-2-4-13-28)39(44)40(30)55-38-19-8-5-14-29(38)25-48-35(18-11-23-46)41(52)50-36(43(51)54)17-9-10-22-45/h2-8,12-16,19-21,27,35-37,47-48H,9-11,17-18,22-26,45-46H2,1H3,(H,49,53)(H,50,52)/t35-,36-,37-/m0/s1. The molecule has 0 radical (unpaired) electrons. The Morgan fingerprint density at radius 1 is 0.782 bits per heavy atom. The smallest absolute Gasteiger partial charge is 0.245 e. The first-order valence-electron chi connectivity index (χ1n) is 18.9. The van der Waals surface area contributed by atoms with E-state index in [9.17, 15) is 14.4 Å². The van der Waals surface area contributed by atoms with Gasteiger partial charge in [-0.1, -0.05) is 102 Å². The van der Waals surface area contributed by atoms with Crippen molar-refractivity contribution >= 4 is 52.0 Å². The van der Waals surface area contributed by atoms with Gasteiger partial charge in [0.25, 0.3) is 0 Å². The van der Waals surface area contributed by atoms with E-state index in [-0.39, 0.29) is 30.7 Å². The molecule has 10 nitrogen and oxygen atoms in total. The maximum atomic E-state index is 14.5. The van der Waals surface area contributed by atoms with E-state index in [2.05, 4.69) is 20.9 Å². The number of likely N-dealkylation sites (N-methyl/N-ethyl adjacent to an activating group) is 1. The quantitative estimate of drug-likeness (QED) is 0.0929. The summed E-state index contributed by atoms with van der Waals surface area (Å²) >= 11 is 8.83. The van der Waals surface area contributed by atoms with Crippen LogP contribution in [0.3, 0.4) is 0 Å². The predicted molar refractivity (Wildman–Crippen MR) is 222 cm³/mol. The highest BCUT2D eigenvalue weighted by Crippen LogP contribution is 2.42. The zero-order valence-corrected chi connectivity index (χ0v) is 32.7. The third-order valence-corrected chi connectivity index (χ3v) is 12.0. The third kappa shape index (κ3) is 9.78. The maximum absolute atomic E-state index is 14.5. The summed E-state index contributed by atoms with van der Waals surface area (Å²) in [7, 11) is 1.64. The molecule has 12 heteroatoms. The largest absolute Gasteiger partial charge is 0.361 e. The summed E-state index contributed by atoms with van der Waals surface area (Å²) in [5.74, 6) is -0.954. The molecule has 0 saturated carbocycles. The van der Waals surface area contributed by atoms with Crippen LogP contribution in [-0.4, -0.2) is 65.9 Å². The Labute approximate surface area is 332 Å². The van der Waals surface area contributed by atoms with Gasteiger partial charge in [-0.05, 0) is 79.6 Å². The summed E-state index contributed by atoms with van der Waals surface area (Å²) in [5.41, 5.74) is 17.3. The summed E-state index contributed by atoms with van der Waals surface area (Å²) in [6.07, 6.45) is 4.95. The second kappa shape index (κ2) is 19.3. The van der Waals surface area contributed by atoms with Crippen LogP contribution in [0.1, 0.15) is 48.8 Å². The summed E-state index contributed by atoms with van der Waals surface area (Å²) < 4.78 is 0. The number of carbonyl (C=O) groups excluding carboxylic acids is 3. The highest BCUT2D eigenvalue weighted by molar-refractivity contribution is 7.99. The van der Waals surface area contributed by atoms with Gasteiger partial charge in [0.15, 0.2) is 0 Å². The number of nitrogens with one attached hydrogen (secondary N) is 4. The molecular weight excluding hydrogens is 730 g/mol. The summed E-state index contributed by atoms with van der Waals surface area (Å²) in [4.78, 5) is 49.6. The van der Waals surface area contributed by atoms with Crippen LogP contribution in [0, 0.1) is 0 Å². The fraction of sp³-hybridized carbons (Fsp3) is 0.326. The lowest BCUT2D eigenvalue weighted by atomic mass is 10.0. The van der Waals surface area contributed by atoms with Crippen molar-refractivity contribution < 1.29 is 14.4 Å². The zero-order valence-electron chi connectivity index (χ0n) is 31.2. The van der Waals surface area contributed by atoms with Gasteiger partial charge in [-0.15, -0.1) is 0 Å². The molecule has 2 heterocycles. The number of fused-ring (bicyclic) bond motifs is 3. The number of hydrogen-bond donors (Lipinski definition) is 6. The minimum Gasteiger partial charge on any atom is -0.361 e. The van der Waals surface area contributed by atoms with Crippen molar-refractivity contribution in [3.05, 3.63) is 119 Å². The van der Waals surface area contributed by atoms with Crippen LogP contribution >= 0.6 is 23.4 Å². The molecule has 4 aromatic carbocycles. The molecule has 0 fully saturated rings. The molecule has 55 heavy (non-hydrogen) atoms. The number of nitrogens with zero attached hydrogens (tertiary/aromatic N) is 1. The second-order valence-electron chi connectivity index (χ2n) is 13.9. The van der Waals surface area contributed by atoms with Gasteiger partial charge in [0.05, 0.1) is 11.1 Å². The molecular formula is C43H50ClN7O3S. The SMILES string of the molecule is CN1C(=O)[C@H](CCCCN)NC(=O)[C@H](CCCN)NCc2ccccc2Sc2c(ccc(-c3ccccc3)c2Cl)CNC(=O)[C@@H]1Cc1c[nH]c2ccccc12. The lowest BCUT2D eigenvalue weighted by Gasteiger charge is -2.32. The predicted octanol–water partition coefficient (Wildman–Crippen LogP) is 6.15. The van der Waals surface area contributed by atoms with Gasteiger partial charge in [-0.25, -0.2) is 0 Å². The molecule has 1 aliphatic rings. The highest BCUT2D eigenvalue weighted by atomic mass is 35.5. The zero-order chi connectivity index (χ0) is 38.7. The minimum absolute atomic E-state index is 0.181. The topological polar surface area (TPSA) is 158 Å². The third-order valence-electron chi connectivity index (χ3n) is 10.2. The Morgan fingerprint density at radius 3 is 2.31 bits per heavy atom. The Kier molecular flexibility index (Phi) is 14.0.